The average molecular weight is 291 g/mol. The number of nitrogens with two attached hydrogens (primary N) is 1. The third-order valence-electron chi connectivity index (χ3n) is 4.32. The van der Waals surface area contributed by atoms with Crippen LogP contribution >= 0.6 is 12.4 Å². The average Bonchev–Trinajstić information content (AvgIpc) is 2.95. The summed E-state index contributed by atoms with van der Waals surface area (Å²) in [5.41, 5.74) is 5.72. The van der Waals surface area contributed by atoms with Gasteiger partial charge in [0.1, 0.15) is 0 Å². The molecule has 2 aliphatic rings. The Morgan fingerprint density at radius 1 is 1.32 bits per heavy atom. The summed E-state index contributed by atoms with van der Waals surface area (Å²) in [5, 5.41) is 3.14. The number of ether oxygens (including phenoxy) is 1. The van der Waals surface area contributed by atoms with Crippen LogP contribution in [-0.2, 0) is 9.53 Å². The minimum atomic E-state index is 0. The first-order chi connectivity index (χ1) is 8.69. The van der Waals surface area contributed by atoms with Gasteiger partial charge in [0.05, 0.1) is 12.2 Å². The molecule has 1 saturated carbocycles. The van der Waals surface area contributed by atoms with Gasteiger partial charge in [-0.2, -0.15) is 0 Å². The van der Waals surface area contributed by atoms with Crippen molar-refractivity contribution in [2.75, 3.05) is 6.54 Å². The van der Waals surface area contributed by atoms with Crippen molar-refractivity contribution in [3.05, 3.63) is 0 Å². The molecule has 3 N–H and O–H groups in total. The van der Waals surface area contributed by atoms with Gasteiger partial charge in [-0.1, -0.05) is 6.42 Å². The molecule has 0 bridgehead atoms. The Bertz CT molecular complexity index is 289. The maximum atomic E-state index is 11.9. The second kappa shape index (κ2) is 8.08. The summed E-state index contributed by atoms with van der Waals surface area (Å²) < 4.78 is 5.72. The summed E-state index contributed by atoms with van der Waals surface area (Å²) in [6.07, 6.45) is 7.77. The first-order valence-electron chi connectivity index (χ1n) is 7.34. The van der Waals surface area contributed by atoms with E-state index in [4.69, 9.17) is 10.5 Å². The van der Waals surface area contributed by atoms with Crippen LogP contribution in [0, 0.1) is 5.92 Å². The number of rotatable bonds is 5. The zero-order chi connectivity index (χ0) is 13.0. The smallest absolute Gasteiger partial charge is 0.220 e. The third-order valence-corrected chi connectivity index (χ3v) is 4.32. The van der Waals surface area contributed by atoms with Crippen LogP contribution in [0.15, 0.2) is 0 Å². The lowest BCUT2D eigenvalue weighted by molar-refractivity contribution is -0.122. The largest absolute Gasteiger partial charge is 0.375 e. The molecule has 1 aliphatic heterocycles. The van der Waals surface area contributed by atoms with Crippen molar-refractivity contribution in [2.45, 2.75) is 70.1 Å². The standard InChI is InChI=1S/C14H26N2O2.ClH/c1-10-5-6-12(18-10)7-8-14(17)16-13-4-2-3-11(13)9-15;/h10-13H,2-9,15H2,1H3,(H,16,17);1H. The fourth-order valence-electron chi connectivity index (χ4n) is 3.18. The predicted molar refractivity (Wildman–Crippen MR) is 78.4 cm³/mol. The second-order valence-corrected chi connectivity index (χ2v) is 5.79. The van der Waals surface area contributed by atoms with Crippen LogP contribution in [0.2, 0.25) is 0 Å². The molecule has 4 nitrogen and oxygen atoms in total. The van der Waals surface area contributed by atoms with Crippen LogP contribution in [0.1, 0.15) is 51.9 Å². The zero-order valence-electron chi connectivity index (χ0n) is 11.8. The summed E-state index contributed by atoms with van der Waals surface area (Å²) in [7, 11) is 0. The molecule has 2 fully saturated rings. The molecule has 5 heteroatoms. The number of nitrogens with one attached hydrogen (secondary N) is 1. The van der Waals surface area contributed by atoms with Gasteiger partial charge in [-0.25, -0.2) is 0 Å². The molecular weight excluding hydrogens is 264 g/mol. The van der Waals surface area contributed by atoms with Crippen molar-refractivity contribution in [2.24, 2.45) is 11.7 Å². The number of hydrogen-bond acceptors (Lipinski definition) is 3. The van der Waals surface area contributed by atoms with Crippen molar-refractivity contribution < 1.29 is 9.53 Å². The SMILES string of the molecule is CC1CCC(CCC(=O)NC2CCCC2CN)O1.Cl. The molecule has 2 rings (SSSR count). The van der Waals surface area contributed by atoms with Crippen molar-refractivity contribution in [3.63, 3.8) is 0 Å². The zero-order valence-corrected chi connectivity index (χ0v) is 12.6. The highest BCUT2D eigenvalue weighted by Gasteiger charge is 2.28. The number of hydrogen-bond donors (Lipinski definition) is 2. The summed E-state index contributed by atoms with van der Waals surface area (Å²) in [6, 6.07) is 0.311. The third kappa shape index (κ3) is 4.93. The monoisotopic (exact) mass is 290 g/mol. The normalized spacial score (nSPS) is 34.0. The van der Waals surface area contributed by atoms with Gasteiger partial charge >= 0.3 is 0 Å². The molecular formula is C14H27ClN2O2. The van der Waals surface area contributed by atoms with E-state index in [0.717, 1.165) is 32.1 Å². The minimum Gasteiger partial charge on any atom is -0.375 e. The first kappa shape index (κ1) is 16.7. The van der Waals surface area contributed by atoms with E-state index in [1.165, 1.54) is 6.42 Å². The van der Waals surface area contributed by atoms with Gasteiger partial charge in [0.25, 0.3) is 0 Å². The van der Waals surface area contributed by atoms with Gasteiger partial charge in [0.15, 0.2) is 0 Å². The molecule has 0 radical (unpaired) electrons. The molecule has 112 valence electrons. The lowest BCUT2D eigenvalue weighted by atomic mass is 10.0. The molecule has 0 aromatic carbocycles. The number of amides is 1. The van der Waals surface area contributed by atoms with E-state index in [0.29, 0.717) is 37.1 Å². The van der Waals surface area contributed by atoms with Crippen LogP contribution in [0.25, 0.3) is 0 Å². The predicted octanol–water partition coefficient (Wildman–Crippen LogP) is 2.00. The molecule has 1 amide bonds. The summed E-state index contributed by atoms with van der Waals surface area (Å²) in [4.78, 5) is 11.9. The van der Waals surface area contributed by atoms with E-state index in [1.807, 2.05) is 0 Å². The van der Waals surface area contributed by atoms with Crippen molar-refractivity contribution in [3.8, 4) is 0 Å². The van der Waals surface area contributed by atoms with Crippen LogP contribution < -0.4 is 11.1 Å². The minimum absolute atomic E-state index is 0. The quantitative estimate of drug-likeness (QED) is 0.814. The van der Waals surface area contributed by atoms with Crippen LogP contribution in [0.3, 0.4) is 0 Å². The molecule has 1 heterocycles. The Morgan fingerprint density at radius 2 is 2.11 bits per heavy atom. The molecule has 4 unspecified atom stereocenters. The van der Waals surface area contributed by atoms with Gasteiger partial charge < -0.3 is 15.8 Å². The number of carbonyl (C=O) groups excluding carboxylic acids is 1. The highest BCUT2D eigenvalue weighted by molar-refractivity contribution is 5.85. The molecule has 1 aliphatic carbocycles. The molecule has 4 atom stereocenters. The van der Waals surface area contributed by atoms with Gasteiger partial charge in [0.2, 0.25) is 5.91 Å². The van der Waals surface area contributed by atoms with Gasteiger partial charge in [-0.05, 0) is 51.5 Å². The summed E-state index contributed by atoms with van der Waals surface area (Å²) >= 11 is 0. The lowest BCUT2D eigenvalue weighted by Crippen LogP contribution is -2.40. The number of carbonyl (C=O) groups is 1. The Hall–Kier alpha value is -0.320. The Labute approximate surface area is 122 Å². The maximum absolute atomic E-state index is 11.9. The topological polar surface area (TPSA) is 64.4 Å². The fourth-order valence-corrected chi connectivity index (χ4v) is 3.18. The van der Waals surface area contributed by atoms with Gasteiger partial charge in [-0.3, -0.25) is 4.79 Å². The van der Waals surface area contributed by atoms with Crippen molar-refractivity contribution in [1.29, 1.82) is 0 Å². The van der Waals surface area contributed by atoms with Crippen molar-refractivity contribution in [1.82, 2.24) is 5.32 Å². The lowest BCUT2D eigenvalue weighted by Gasteiger charge is -2.20. The molecule has 0 aromatic heterocycles. The van der Waals surface area contributed by atoms with E-state index < -0.39 is 0 Å². The molecule has 19 heavy (non-hydrogen) atoms. The Morgan fingerprint density at radius 3 is 2.74 bits per heavy atom. The van der Waals surface area contributed by atoms with Crippen LogP contribution in [0.4, 0.5) is 0 Å². The van der Waals surface area contributed by atoms with Gasteiger partial charge in [0, 0.05) is 12.5 Å². The summed E-state index contributed by atoms with van der Waals surface area (Å²) in [6.45, 7) is 2.79. The van der Waals surface area contributed by atoms with E-state index in [1.54, 1.807) is 0 Å². The highest BCUT2D eigenvalue weighted by atomic mass is 35.5. The first-order valence-corrected chi connectivity index (χ1v) is 7.34. The van der Waals surface area contributed by atoms with E-state index in [9.17, 15) is 4.79 Å². The highest BCUT2D eigenvalue weighted by Crippen LogP contribution is 2.25. The summed E-state index contributed by atoms with van der Waals surface area (Å²) in [5.74, 6) is 0.653. The van der Waals surface area contributed by atoms with Crippen molar-refractivity contribution >= 4 is 18.3 Å². The number of halogens is 1. The van der Waals surface area contributed by atoms with E-state index >= 15 is 0 Å². The molecule has 1 saturated heterocycles. The van der Waals surface area contributed by atoms with Crippen LogP contribution in [0.5, 0.6) is 0 Å². The Balaban J connectivity index is 0.00000180. The van der Waals surface area contributed by atoms with E-state index in [2.05, 4.69) is 12.2 Å². The van der Waals surface area contributed by atoms with Crippen LogP contribution in [-0.4, -0.2) is 30.7 Å². The second-order valence-electron chi connectivity index (χ2n) is 5.79. The molecule has 0 spiro atoms. The Kier molecular flexibility index (Phi) is 7.11. The fraction of sp³-hybridized carbons (Fsp3) is 0.929. The molecule has 0 aromatic rings. The van der Waals surface area contributed by atoms with E-state index in [-0.39, 0.29) is 18.3 Å². The maximum Gasteiger partial charge on any atom is 0.220 e. The van der Waals surface area contributed by atoms with Gasteiger partial charge in [-0.15, -0.1) is 12.4 Å².